The highest BCUT2D eigenvalue weighted by Gasteiger charge is 2.23. The number of aromatic hydroxyl groups is 1. The second-order valence-corrected chi connectivity index (χ2v) is 5.65. The zero-order valence-corrected chi connectivity index (χ0v) is 12.1. The summed E-state index contributed by atoms with van der Waals surface area (Å²) in [4.78, 5) is 0. The highest BCUT2D eigenvalue weighted by atomic mass is 16.5. The smallest absolute Gasteiger partial charge is 0.120 e. The van der Waals surface area contributed by atoms with E-state index in [1.165, 1.54) is 25.7 Å². The Morgan fingerprint density at radius 3 is 2.58 bits per heavy atom. The fourth-order valence-electron chi connectivity index (χ4n) is 3.08. The number of hydrogen-bond donors (Lipinski definition) is 2. The van der Waals surface area contributed by atoms with Gasteiger partial charge in [-0.05, 0) is 50.8 Å². The van der Waals surface area contributed by atoms with Crippen LogP contribution >= 0.6 is 0 Å². The predicted octanol–water partition coefficient (Wildman–Crippen LogP) is 3.63. The van der Waals surface area contributed by atoms with Gasteiger partial charge in [0.2, 0.25) is 0 Å². The van der Waals surface area contributed by atoms with Crippen molar-refractivity contribution in [3.63, 3.8) is 0 Å². The van der Waals surface area contributed by atoms with E-state index in [-0.39, 0.29) is 6.04 Å². The summed E-state index contributed by atoms with van der Waals surface area (Å²) in [6.45, 7) is 4.35. The quantitative estimate of drug-likeness (QED) is 0.852. The van der Waals surface area contributed by atoms with E-state index in [2.05, 4.69) is 19.2 Å². The Kier molecular flexibility index (Phi) is 4.70. The molecule has 106 valence electrons. The summed E-state index contributed by atoms with van der Waals surface area (Å²) in [6.07, 6.45) is 5.36. The van der Waals surface area contributed by atoms with Crippen molar-refractivity contribution in [2.45, 2.75) is 51.6 Å². The Morgan fingerprint density at radius 1 is 1.26 bits per heavy atom. The number of methoxy groups -OCH3 is 1. The van der Waals surface area contributed by atoms with Crippen molar-refractivity contribution < 1.29 is 9.84 Å². The lowest BCUT2D eigenvalue weighted by Gasteiger charge is -2.25. The fraction of sp³-hybridized carbons (Fsp3) is 0.625. The van der Waals surface area contributed by atoms with Crippen LogP contribution < -0.4 is 10.1 Å². The molecule has 2 N–H and O–H groups in total. The number of ether oxygens (including phenoxy) is 1. The van der Waals surface area contributed by atoms with Gasteiger partial charge in [0.1, 0.15) is 11.5 Å². The van der Waals surface area contributed by atoms with Crippen LogP contribution in [0.2, 0.25) is 0 Å². The fourth-order valence-corrected chi connectivity index (χ4v) is 3.08. The minimum atomic E-state index is 0.130. The second kappa shape index (κ2) is 6.29. The Morgan fingerprint density at radius 2 is 1.95 bits per heavy atom. The van der Waals surface area contributed by atoms with Crippen molar-refractivity contribution >= 4 is 0 Å². The number of phenolic OH excluding ortho intramolecular Hbond substituents is 1. The summed E-state index contributed by atoms with van der Waals surface area (Å²) in [5.74, 6) is 1.89. The maximum Gasteiger partial charge on any atom is 0.120 e. The van der Waals surface area contributed by atoms with Gasteiger partial charge in [0.25, 0.3) is 0 Å². The highest BCUT2D eigenvalue weighted by molar-refractivity contribution is 5.41. The van der Waals surface area contributed by atoms with Crippen LogP contribution in [-0.4, -0.2) is 18.3 Å². The predicted molar refractivity (Wildman–Crippen MR) is 77.6 cm³/mol. The van der Waals surface area contributed by atoms with Crippen molar-refractivity contribution in [1.82, 2.24) is 5.32 Å². The summed E-state index contributed by atoms with van der Waals surface area (Å²) in [5, 5.41) is 13.6. The van der Waals surface area contributed by atoms with Gasteiger partial charge in [-0.25, -0.2) is 0 Å². The van der Waals surface area contributed by atoms with Gasteiger partial charge in [-0.2, -0.15) is 0 Å². The molecule has 0 bridgehead atoms. The molecule has 0 saturated heterocycles. The molecule has 0 amide bonds. The molecular weight excluding hydrogens is 238 g/mol. The maximum absolute atomic E-state index is 9.98. The SMILES string of the molecule is COc1ccc(O)c(C(C)N[C@@H](C)C2CCCC2)c1. The lowest BCUT2D eigenvalue weighted by Crippen LogP contribution is -2.34. The van der Waals surface area contributed by atoms with E-state index in [1.807, 2.05) is 6.07 Å². The molecule has 0 aliphatic heterocycles. The third kappa shape index (κ3) is 3.41. The van der Waals surface area contributed by atoms with Crippen LogP contribution in [0.1, 0.15) is 51.1 Å². The van der Waals surface area contributed by atoms with Gasteiger partial charge in [0, 0.05) is 17.6 Å². The van der Waals surface area contributed by atoms with E-state index in [1.54, 1.807) is 19.2 Å². The van der Waals surface area contributed by atoms with Crippen LogP contribution in [0.5, 0.6) is 11.5 Å². The van der Waals surface area contributed by atoms with Crippen LogP contribution in [0, 0.1) is 5.92 Å². The lowest BCUT2D eigenvalue weighted by molar-refractivity contribution is 0.346. The van der Waals surface area contributed by atoms with E-state index in [0.29, 0.717) is 11.8 Å². The van der Waals surface area contributed by atoms with E-state index >= 15 is 0 Å². The first kappa shape index (κ1) is 14.2. The molecule has 0 spiro atoms. The summed E-state index contributed by atoms with van der Waals surface area (Å²) in [7, 11) is 1.65. The average molecular weight is 263 g/mol. The van der Waals surface area contributed by atoms with E-state index in [9.17, 15) is 5.11 Å². The zero-order valence-electron chi connectivity index (χ0n) is 12.1. The first-order valence-electron chi connectivity index (χ1n) is 7.24. The normalized spacial score (nSPS) is 19.3. The number of hydrogen-bond acceptors (Lipinski definition) is 3. The Bertz CT molecular complexity index is 413. The van der Waals surface area contributed by atoms with Gasteiger partial charge in [-0.1, -0.05) is 12.8 Å². The Labute approximate surface area is 116 Å². The first-order valence-corrected chi connectivity index (χ1v) is 7.24. The van der Waals surface area contributed by atoms with Crippen LogP contribution in [0.3, 0.4) is 0 Å². The summed E-state index contributed by atoms with van der Waals surface area (Å²) in [6, 6.07) is 6.01. The molecular formula is C16H25NO2. The molecule has 1 aromatic carbocycles. The topological polar surface area (TPSA) is 41.5 Å². The van der Waals surface area contributed by atoms with Crippen molar-refractivity contribution in [1.29, 1.82) is 0 Å². The van der Waals surface area contributed by atoms with Crippen molar-refractivity contribution in [2.75, 3.05) is 7.11 Å². The monoisotopic (exact) mass is 263 g/mol. The van der Waals surface area contributed by atoms with Crippen molar-refractivity contribution in [3.8, 4) is 11.5 Å². The minimum Gasteiger partial charge on any atom is -0.508 e. The Balaban J connectivity index is 2.04. The van der Waals surface area contributed by atoms with Gasteiger partial charge < -0.3 is 15.2 Å². The molecule has 3 nitrogen and oxygen atoms in total. The third-order valence-electron chi connectivity index (χ3n) is 4.32. The first-order chi connectivity index (χ1) is 9.11. The standard InChI is InChI=1S/C16H25NO2/c1-11(13-6-4-5-7-13)17-12(2)15-10-14(19-3)8-9-16(15)18/h8-13,17-18H,4-7H2,1-3H3/t11-,12?/m0/s1. The molecule has 1 aliphatic carbocycles. The molecule has 3 heteroatoms. The van der Waals surface area contributed by atoms with Crippen molar-refractivity contribution in [2.24, 2.45) is 5.92 Å². The second-order valence-electron chi connectivity index (χ2n) is 5.65. The van der Waals surface area contributed by atoms with Gasteiger partial charge in [-0.3, -0.25) is 0 Å². The summed E-state index contributed by atoms with van der Waals surface area (Å²) < 4.78 is 5.23. The van der Waals surface area contributed by atoms with Gasteiger partial charge >= 0.3 is 0 Å². The largest absolute Gasteiger partial charge is 0.508 e. The van der Waals surface area contributed by atoms with Crippen LogP contribution in [-0.2, 0) is 0 Å². The highest BCUT2D eigenvalue weighted by Crippen LogP contribution is 2.31. The van der Waals surface area contributed by atoms with Crippen LogP contribution in [0.25, 0.3) is 0 Å². The molecule has 1 aliphatic rings. The Hall–Kier alpha value is -1.22. The lowest BCUT2D eigenvalue weighted by atomic mass is 9.97. The van der Waals surface area contributed by atoms with Crippen LogP contribution in [0.15, 0.2) is 18.2 Å². The van der Waals surface area contributed by atoms with Gasteiger partial charge in [0.15, 0.2) is 0 Å². The molecule has 0 aromatic heterocycles. The molecule has 1 aromatic rings. The third-order valence-corrected chi connectivity index (χ3v) is 4.32. The van der Waals surface area contributed by atoms with E-state index in [0.717, 1.165) is 17.2 Å². The average Bonchev–Trinajstić information content (AvgIpc) is 2.93. The molecule has 1 fully saturated rings. The number of nitrogens with one attached hydrogen (secondary N) is 1. The van der Waals surface area contributed by atoms with Crippen molar-refractivity contribution in [3.05, 3.63) is 23.8 Å². The molecule has 1 saturated carbocycles. The van der Waals surface area contributed by atoms with Crippen LogP contribution in [0.4, 0.5) is 0 Å². The van der Waals surface area contributed by atoms with Gasteiger partial charge in [0.05, 0.1) is 7.11 Å². The number of phenols is 1. The molecule has 1 unspecified atom stereocenters. The zero-order chi connectivity index (χ0) is 13.8. The maximum atomic E-state index is 9.98. The summed E-state index contributed by atoms with van der Waals surface area (Å²) in [5.41, 5.74) is 0.907. The number of benzene rings is 1. The molecule has 0 heterocycles. The molecule has 0 radical (unpaired) electrons. The number of rotatable bonds is 5. The molecule has 2 rings (SSSR count). The van der Waals surface area contributed by atoms with E-state index in [4.69, 9.17) is 4.74 Å². The minimum absolute atomic E-state index is 0.130. The molecule has 19 heavy (non-hydrogen) atoms. The van der Waals surface area contributed by atoms with Gasteiger partial charge in [-0.15, -0.1) is 0 Å². The van der Waals surface area contributed by atoms with E-state index < -0.39 is 0 Å². The molecule has 2 atom stereocenters. The summed E-state index contributed by atoms with van der Waals surface area (Å²) >= 11 is 0.